The van der Waals surface area contributed by atoms with Crippen LogP contribution in [0.25, 0.3) is 11.0 Å². The molecular weight excluding hydrogens is 378 g/mol. The number of hydrogen-bond donors (Lipinski definition) is 3. The minimum absolute atomic E-state index is 0.00228. The third-order valence-corrected chi connectivity index (χ3v) is 5.34. The topological polar surface area (TPSA) is 99.8 Å². The third-order valence-electron chi connectivity index (χ3n) is 5.10. The van der Waals surface area contributed by atoms with Gasteiger partial charge in [0.05, 0.1) is 0 Å². The first-order valence-electron chi connectivity index (χ1n) is 9.26. The highest BCUT2D eigenvalue weighted by Gasteiger charge is 2.27. The summed E-state index contributed by atoms with van der Waals surface area (Å²) in [7, 11) is 0. The van der Waals surface area contributed by atoms with Gasteiger partial charge in [-0.2, -0.15) is 15.4 Å². The van der Waals surface area contributed by atoms with Gasteiger partial charge in [0.25, 0.3) is 5.91 Å². The predicted molar refractivity (Wildman–Crippen MR) is 107 cm³/mol. The van der Waals surface area contributed by atoms with Crippen molar-refractivity contribution >= 4 is 40.1 Å². The van der Waals surface area contributed by atoms with E-state index < -0.39 is 0 Å². The summed E-state index contributed by atoms with van der Waals surface area (Å²) in [5.74, 6) is -0.189. The van der Waals surface area contributed by atoms with Gasteiger partial charge < -0.3 is 10.6 Å². The Morgan fingerprint density at radius 1 is 1.00 bits per heavy atom. The normalized spacial score (nSPS) is 19.3. The fourth-order valence-corrected chi connectivity index (χ4v) is 3.75. The molecule has 3 aromatic rings. The maximum atomic E-state index is 12.6. The minimum Gasteiger partial charge on any atom is -0.349 e. The van der Waals surface area contributed by atoms with Crippen molar-refractivity contribution in [2.45, 2.75) is 31.7 Å². The minimum atomic E-state index is -0.128. The second-order valence-electron chi connectivity index (χ2n) is 7.05. The first-order chi connectivity index (χ1) is 13.6. The summed E-state index contributed by atoms with van der Waals surface area (Å²) >= 11 is 5.94. The van der Waals surface area contributed by atoms with E-state index in [9.17, 15) is 9.59 Å². The van der Waals surface area contributed by atoms with Crippen LogP contribution in [0, 0.1) is 5.92 Å². The molecule has 1 aromatic heterocycles. The number of benzene rings is 2. The van der Waals surface area contributed by atoms with E-state index in [0.29, 0.717) is 21.8 Å². The van der Waals surface area contributed by atoms with Gasteiger partial charge in [0.1, 0.15) is 11.0 Å². The van der Waals surface area contributed by atoms with Crippen LogP contribution in [0.5, 0.6) is 0 Å². The summed E-state index contributed by atoms with van der Waals surface area (Å²) < 4.78 is 0. The second-order valence-corrected chi connectivity index (χ2v) is 7.49. The summed E-state index contributed by atoms with van der Waals surface area (Å²) in [6.45, 7) is 0. The van der Waals surface area contributed by atoms with Crippen LogP contribution in [0.15, 0.2) is 42.5 Å². The molecule has 7 nitrogen and oxygen atoms in total. The third kappa shape index (κ3) is 4.14. The number of hydrogen-bond acceptors (Lipinski definition) is 4. The number of halogens is 1. The lowest BCUT2D eigenvalue weighted by Gasteiger charge is -2.28. The van der Waals surface area contributed by atoms with Gasteiger partial charge in [-0.1, -0.05) is 17.7 Å². The molecule has 1 aliphatic rings. The SMILES string of the molecule is O=C(NC1CCC(C(=O)Nc2ccc3n[nH]nc3c2)CC1)c1cccc(Cl)c1. The number of carbonyl (C=O) groups excluding carboxylic acids is 2. The van der Waals surface area contributed by atoms with Gasteiger partial charge in [-0.05, 0) is 62.1 Å². The monoisotopic (exact) mass is 397 g/mol. The van der Waals surface area contributed by atoms with Crippen LogP contribution in [0.4, 0.5) is 5.69 Å². The van der Waals surface area contributed by atoms with Crippen molar-refractivity contribution in [3.8, 4) is 0 Å². The second kappa shape index (κ2) is 7.98. The molecule has 0 atom stereocenters. The largest absolute Gasteiger partial charge is 0.349 e. The van der Waals surface area contributed by atoms with Crippen molar-refractivity contribution < 1.29 is 9.59 Å². The number of rotatable bonds is 4. The molecule has 1 aliphatic carbocycles. The fraction of sp³-hybridized carbons (Fsp3) is 0.300. The van der Waals surface area contributed by atoms with Gasteiger partial charge in [0.15, 0.2) is 0 Å². The smallest absolute Gasteiger partial charge is 0.251 e. The van der Waals surface area contributed by atoms with Crippen molar-refractivity contribution in [2.75, 3.05) is 5.32 Å². The number of carbonyl (C=O) groups is 2. The molecule has 28 heavy (non-hydrogen) atoms. The van der Waals surface area contributed by atoms with Crippen LogP contribution in [0.1, 0.15) is 36.0 Å². The zero-order valence-corrected chi connectivity index (χ0v) is 15.9. The molecule has 8 heteroatoms. The Morgan fingerprint density at radius 2 is 1.79 bits per heavy atom. The molecule has 1 heterocycles. The highest BCUT2D eigenvalue weighted by atomic mass is 35.5. The fourth-order valence-electron chi connectivity index (χ4n) is 3.56. The van der Waals surface area contributed by atoms with Crippen LogP contribution in [0.3, 0.4) is 0 Å². The van der Waals surface area contributed by atoms with E-state index >= 15 is 0 Å². The number of anilines is 1. The van der Waals surface area contributed by atoms with E-state index in [1.165, 1.54) is 0 Å². The van der Waals surface area contributed by atoms with Crippen molar-refractivity contribution in [1.82, 2.24) is 20.7 Å². The number of aromatic amines is 1. The molecule has 0 bridgehead atoms. The van der Waals surface area contributed by atoms with E-state index in [1.54, 1.807) is 30.3 Å². The molecule has 3 N–H and O–H groups in total. The molecule has 144 valence electrons. The Bertz CT molecular complexity index is 1010. The summed E-state index contributed by atoms with van der Waals surface area (Å²) in [5.41, 5.74) is 2.73. The van der Waals surface area contributed by atoms with Crippen LogP contribution in [-0.4, -0.2) is 33.3 Å². The van der Waals surface area contributed by atoms with E-state index in [-0.39, 0.29) is 23.8 Å². The van der Waals surface area contributed by atoms with Crippen molar-refractivity contribution in [1.29, 1.82) is 0 Å². The summed E-state index contributed by atoms with van der Waals surface area (Å²) in [4.78, 5) is 24.9. The molecule has 1 saturated carbocycles. The lowest BCUT2D eigenvalue weighted by Crippen LogP contribution is -2.39. The zero-order valence-electron chi connectivity index (χ0n) is 15.1. The van der Waals surface area contributed by atoms with Gasteiger partial charge in [0.2, 0.25) is 5.91 Å². The molecule has 2 aromatic carbocycles. The quantitative estimate of drug-likeness (QED) is 0.626. The lowest BCUT2D eigenvalue weighted by atomic mass is 9.85. The zero-order chi connectivity index (χ0) is 19.5. The van der Waals surface area contributed by atoms with Crippen molar-refractivity contribution in [2.24, 2.45) is 5.92 Å². The predicted octanol–water partition coefficient (Wildman–Crippen LogP) is 3.54. The average Bonchev–Trinajstić information content (AvgIpc) is 3.16. The van der Waals surface area contributed by atoms with Gasteiger partial charge in [-0.15, -0.1) is 0 Å². The van der Waals surface area contributed by atoms with Crippen molar-refractivity contribution in [3.63, 3.8) is 0 Å². The van der Waals surface area contributed by atoms with Crippen LogP contribution in [0.2, 0.25) is 5.02 Å². The van der Waals surface area contributed by atoms with Crippen LogP contribution < -0.4 is 10.6 Å². The van der Waals surface area contributed by atoms with E-state index in [0.717, 1.165) is 31.2 Å². The molecular formula is C20H20ClN5O2. The number of amides is 2. The molecule has 0 spiro atoms. The number of aromatic nitrogens is 3. The first kappa shape index (κ1) is 18.4. The number of nitrogens with one attached hydrogen (secondary N) is 3. The molecule has 0 saturated heterocycles. The highest BCUT2D eigenvalue weighted by molar-refractivity contribution is 6.30. The molecule has 0 radical (unpaired) electrons. The molecule has 2 amide bonds. The van der Waals surface area contributed by atoms with E-state index in [4.69, 9.17) is 11.6 Å². The lowest BCUT2D eigenvalue weighted by molar-refractivity contribution is -0.120. The molecule has 0 aliphatic heterocycles. The molecule has 4 rings (SSSR count). The average molecular weight is 398 g/mol. The van der Waals surface area contributed by atoms with Crippen LogP contribution >= 0.6 is 11.6 Å². The van der Waals surface area contributed by atoms with E-state index in [2.05, 4.69) is 26.0 Å². The number of H-pyrrole nitrogens is 1. The van der Waals surface area contributed by atoms with Gasteiger partial charge in [0, 0.05) is 28.2 Å². The number of fused-ring (bicyclic) bond motifs is 1. The van der Waals surface area contributed by atoms with E-state index in [1.807, 2.05) is 12.1 Å². The maximum Gasteiger partial charge on any atom is 0.251 e. The van der Waals surface area contributed by atoms with Gasteiger partial charge in [-0.25, -0.2) is 0 Å². The molecule has 1 fully saturated rings. The summed E-state index contributed by atoms with van der Waals surface area (Å²) in [6.07, 6.45) is 3.01. The Labute approximate surface area is 166 Å². The Kier molecular flexibility index (Phi) is 5.25. The van der Waals surface area contributed by atoms with Crippen LogP contribution in [-0.2, 0) is 4.79 Å². The number of nitrogens with zero attached hydrogens (tertiary/aromatic N) is 2. The standard InChI is InChI=1S/C20H20ClN5O2/c21-14-3-1-2-13(10-14)20(28)22-15-6-4-12(5-7-15)19(27)23-16-8-9-17-18(11-16)25-26-24-17/h1-3,8-12,15H,4-7H2,(H,22,28)(H,23,27)(H,24,25,26). The van der Waals surface area contributed by atoms with Crippen molar-refractivity contribution in [3.05, 3.63) is 53.1 Å². The summed E-state index contributed by atoms with van der Waals surface area (Å²) in [6, 6.07) is 12.4. The Balaban J connectivity index is 1.29. The van der Waals surface area contributed by atoms with Gasteiger partial charge in [-0.3, -0.25) is 9.59 Å². The van der Waals surface area contributed by atoms with Gasteiger partial charge >= 0.3 is 0 Å². The Hall–Kier alpha value is -2.93. The maximum absolute atomic E-state index is 12.6. The molecule has 0 unspecified atom stereocenters. The Morgan fingerprint density at radius 3 is 2.57 bits per heavy atom. The highest BCUT2D eigenvalue weighted by Crippen LogP contribution is 2.26. The summed E-state index contributed by atoms with van der Waals surface area (Å²) in [5, 5.41) is 17.1. The first-order valence-corrected chi connectivity index (χ1v) is 9.64.